The molecule has 0 heterocycles. The number of carboxylic acid groups (broad SMARTS) is 1. The van der Waals surface area contributed by atoms with Crippen molar-refractivity contribution < 1.29 is 9.90 Å². The lowest BCUT2D eigenvalue weighted by molar-refractivity contribution is -0.136. The minimum atomic E-state index is -0.754. The van der Waals surface area contributed by atoms with Gasteiger partial charge in [-0.2, -0.15) is 0 Å². The highest BCUT2D eigenvalue weighted by Crippen LogP contribution is 2.07. The van der Waals surface area contributed by atoms with Gasteiger partial charge in [0, 0.05) is 0 Å². The van der Waals surface area contributed by atoms with Crippen molar-refractivity contribution in [2.75, 3.05) is 0 Å². The van der Waals surface area contributed by atoms with Gasteiger partial charge in [0.2, 0.25) is 0 Å². The third-order valence-electron chi connectivity index (χ3n) is 2.24. The topological polar surface area (TPSA) is 37.3 Å². The van der Waals surface area contributed by atoms with Gasteiger partial charge in [0.25, 0.3) is 0 Å². The van der Waals surface area contributed by atoms with Crippen LogP contribution in [0.1, 0.15) is 51.4 Å². The van der Waals surface area contributed by atoms with Gasteiger partial charge in [-0.15, -0.1) is 6.58 Å². The lowest BCUT2D eigenvalue weighted by atomic mass is 10.1. The Morgan fingerprint density at radius 2 is 1.60 bits per heavy atom. The monoisotopic (exact) mass is 210 g/mol. The van der Waals surface area contributed by atoms with Gasteiger partial charge in [0.15, 0.2) is 0 Å². The van der Waals surface area contributed by atoms with Crippen molar-refractivity contribution in [3.8, 4) is 0 Å². The average molecular weight is 210 g/mol. The van der Waals surface area contributed by atoms with Crippen LogP contribution in [0.5, 0.6) is 0 Å². The number of hydrogen-bond acceptors (Lipinski definition) is 1. The normalized spacial score (nSPS) is 10.7. The van der Waals surface area contributed by atoms with Crippen LogP contribution in [-0.4, -0.2) is 11.1 Å². The summed E-state index contributed by atoms with van der Waals surface area (Å²) in [7, 11) is 0. The Hall–Kier alpha value is -1.05. The van der Waals surface area contributed by atoms with Crippen LogP contribution in [0.2, 0.25) is 0 Å². The highest BCUT2D eigenvalue weighted by atomic mass is 16.4. The summed E-state index contributed by atoms with van der Waals surface area (Å²) in [5.74, 6) is -0.754. The second kappa shape index (κ2) is 11.0. The van der Waals surface area contributed by atoms with Crippen LogP contribution >= 0.6 is 0 Å². The molecule has 0 amide bonds. The Morgan fingerprint density at radius 3 is 2.20 bits per heavy atom. The smallest absolute Gasteiger partial charge is 0.307 e. The van der Waals surface area contributed by atoms with E-state index in [1.807, 2.05) is 12.2 Å². The zero-order valence-corrected chi connectivity index (χ0v) is 9.45. The van der Waals surface area contributed by atoms with Crippen LogP contribution in [0.4, 0.5) is 0 Å². The fraction of sp³-hybridized carbons (Fsp3) is 0.615. The molecule has 0 bridgehead atoms. The predicted octanol–water partition coefficient (Wildman–Crippen LogP) is 3.93. The summed E-state index contributed by atoms with van der Waals surface area (Å²) >= 11 is 0. The molecule has 0 aromatic carbocycles. The van der Waals surface area contributed by atoms with Gasteiger partial charge in [-0.1, -0.05) is 37.5 Å². The average Bonchev–Trinajstić information content (AvgIpc) is 2.20. The van der Waals surface area contributed by atoms with Crippen molar-refractivity contribution >= 4 is 5.97 Å². The van der Waals surface area contributed by atoms with Gasteiger partial charge in [-0.3, -0.25) is 4.79 Å². The summed E-state index contributed by atoms with van der Waals surface area (Å²) < 4.78 is 0. The predicted molar refractivity (Wildman–Crippen MR) is 63.9 cm³/mol. The molecule has 0 aromatic heterocycles. The Labute approximate surface area is 92.7 Å². The maximum Gasteiger partial charge on any atom is 0.307 e. The molecule has 1 N–H and O–H groups in total. The lowest BCUT2D eigenvalue weighted by Crippen LogP contribution is -1.89. The highest BCUT2D eigenvalue weighted by molar-refractivity contribution is 5.68. The minimum absolute atomic E-state index is 0.152. The highest BCUT2D eigenvalue weighted by Gasteiger charge is 1.90. The van der Waals surface area contributed by atoms with Gasteiger partial charge < -0.3 is 5.11 Å². The fourth-order valence-electron chi connectivity index (χ4n) is 1.38. The number of rotatable bonds is 10. The summed E-state index contributed by atoms with van der Waals surface area (Å²) in [6.07, 6.45) is 14.2. The Balaban J connectivity index is 3.07. The number of carboxylic acids is 1. The van der Waals surface area contributed by atoms with Gasteiger partial charge in [0.1, 0.15) is 0 Å². The maximum atomic E-state index is 10.2. The van der Waals surface area contributed by atoms with Gasteiger partial charge >= 0.3 is 5.97 Å². The van der Waals surface area contributed by atoms with Crippen LogP contribution < -0.4 is 0 Å². The summed E-state index contributed by atoms with van der Waals surface area (Å²) in [6, 6.07) is 0. The summed E-state index contributed by atoms with van der Waals surface area (Å²) in [6.45, 7) is 3.69. The molecule has 0 radical (unpaired) electrons. The zero-order valence-electron chi connectivity index (χ0n) is 9.45. The molecule has 0 fully saturated rings. The molecule has 0 atom stereocenters. The molecule has 0 saturated carbocycles. The summed E-state index contributed by atoms with van der Waals surface area (Å²) in [5, 5.41) is 8.38. The van der Waals surface area contributed by atoms with Gasteiger partial charge in [-0.25, -0.2) is 0 Å². The lowest BCUT2D eigenvalue weighted by Gasteiger charge is -1.97. The van der Waals surface area contributed by atoms with E-state index in [4.69, 9.17) is 5.11 Å². The molecule has 0 rings (SSSR count). The second-order valence-corrected chi connectivity index (χ2v) is 3.70. The van der Waals surface area contributed by atoms with Crippen LogP contribution in [0.15, 0.2) is 24.8 Å². The summed E-state index contributed by atoms with van der Waals surface area (Å²) in [5.41, 5.74) is 0. The van der Waals surface area contributed by atoms with Crippen molar-refractivity contribution in [1.29, 1.82) is 0 Å². The van der Waals surface area contributed by atoms with E-state index >= 15 is 0 Å². The maximum absolute atomic E-state index is 10.2. The number of allylic oxidation sites excluding steroid dienone is 2. The molecule has 0 aromatic rings. The molecular formula is C13H22O2. The van der Waals surface area contributed by atoms with E-state index in [9.17, 15) is 4.79 Å². The largest absolute Gasteiger partial charge is 0.481 e. The molecule has 2 nitrogen and oxygen atoms in total. The SMILES string of the molecule is C=CCCCCCCCC=CCC(=O)O. The Morgan fingerprint density at radius 1 is 1.00 bits per heavy atom. The molecular weight excluding hydrogens is 188 g/mol. The third kappa shape index (κ3) is 12.9. The first kappa shape index (κ1) is 13.9. The Bertz CT molecular complexity index is 195. The van der Waals surface area contributed by atoms with Gasteiger partial charge in [0.05, 0.1) is 6.42 Å². The molecule has 86 valence electrons. The minimum Gasteiger partial charge on any atom is -0.481 e. The second-order valence-electron chi connectivity index (χ2n) is 3.70. The van der Waals surface area contributed by atoms with Crippen LogP contribution in [-0.2, 0) is 4.79 Å². The molecule has 0 saturated heterocycles. The van der Waals surface area contributed by atoms with E-state index in [-0.39, 0.29) is 6.42 Å². The van der Waals surface area contributed by atoms with E-state index in [0.717, 1.165) is 12.8 Å². The number of carbonyl (C=O) groups is 1. The first-order valence-corrected chi connectivity index (χ1v) is 5.75. The first-order chi connectivity index (χ1) is 7.27. The van der Waals surface area contributed by atoms with Crippen molar-refractivity contribution in [3.05, 3.63) is 24.8 Å². The molecule has 15 heavy (non-hydrogen) atoms. The third-order valence-corrected chi connectivity index (χ3v) is 2.24. The van der Waals surface area contributed by atoms with Gasteiger partial charge in [-0.05, 0) is 25.7 Å². The molecule has 0 spiro atoms. The summed E-state index contributed by atoms with van der Waals surface area (Å²) in [4.78, 5) is 10.2. The van der Waals surface area contributed by atoms with E-state index in [0.29, 0.717) is 0 Å². The van der Waals surface area contributed by atoms with Crippen molar-refractivity contribution in [2.45, 2.75) is 51.4 Å². The number of aliphatic carboxylic acids is 1. The van der Waals surface area contributed by atoms with E-state index in [1.54, 1.807) is 6.08 Å². The van der Waals surface area contributed by atoms with Crippen LogP contribution in [0, 0.1) is 0 Å². The van der Waals surface area contributed by atoms with Crippen molar-refractivity contribution in [1.82, 2.24) is 0 Å². The van der Waals surface area contributed by atoms with Crippen molar-refractivity contribution in [3.63, 3.8) is 0 Å². The molecule has 0 aliphatic rings. The first-order valence-electron chi connectivity index (χ1n) is 5.75. The van der Waals surface area contributed by atoms with E-state index in [2.05, 4.69) is 6.58 Å². The molecule has 0 aliphatic heterocycles. The molecule has 0 unspecified atom stereocenters. The Kier molecular flexibility index (Phi) is 10.3. The molecule has 0 aliphatic carbocycles. The quantitative estimate of drug-likeness (QED) is 0.438. The van der Waals surface area contributed by atoms with Crippen LogP contribution in [0.25, 0.3) is 0 Å². The number of hydrogen-bond donors (Lipinski definition) is 1. The zero-order chi connectivity index (χ0) is 11.4. The van der Waals surface area contributed by atoms with Crippen molar-refractivity contribution in [2.24, 2.45) is 0 Å². The standard InChI is InChI=1S/C13H22O2/c1-2-3-4-5-6-7-8-9-10-11-12-13(14)15/h2,10-11H,1,3-9,12H2,(H,14,15). The molecule has 2 heteroatoms. The van der Waals surface area contributed by atoms with E-state index in [1.165, 1.54) is 32.1 Å². The van der Waals surface area contributed by atoms with E-state index < -0.39 is 5.97 Å². The van der Waals surface area contributed by atoms with Crippen LogP contribution in [0.3, 0.4) is 0 Å². The fourth-order valence-corrected chi connectivity index (χ4v) is 1.38. The number of unbranched alkanes of at least 4 members (excludes halogenated alkanes) is 6.